The zero-order valence-electron chi connectivity index (χ0n) is 15.4. The highest BCUT2D eigenvalue weighted by Crippen LogP contribution is 2.32. The van der Waals surface area contributed by atoms with E-state index in [1.165, 1.54) is 6.07 Å². The van der Waals surface area contributed by atoms with E-state index in [0.717, 1.165) is 37.3 Å². The van der Waals surface area contributed by atoms with Crippen molar-refractivity contribution in [3.05, 3.63) is 41.3 Å². The van der Waals surface area contributed by atoms with E-state index in [2.05, 4.69) is 9.88 Å². The number of nitrogens with zero attached hydrogens (tertiary/aromatic N) is 2. The molecular formula is C19H23F3N2O3. The lowest BCUT2D eigenvalue weighted by Crippen LogP contribution is -2.42. The van der Waals surface area contributed by atoms with Crippen molar-refractivity contribution >= 4 is 0 Å². The van der Waals surface area contributed by atoms with Crippen LogP contribution in [0.2, 0.25) is 0 Å². The van der Waals surface area contributed by atoms with Crippen LogP contribution in [0.1, 0.15) is 23.4 Å². The molecule has 2 aromatic rings. The molecule has 1 saturated heterocycles. The second-order valence-corrected chi connectivity index (χ2v) is 6.61. The van der Waals surface area contributed by atoms with Crippen LogP contribution < -0.4 is 0 Å². The van der Waals surface area contributed by atoms with Gasteiger partial charge in [-0.1, -0.05) is 6.07 Å². The Kier molecular flexibility index (Phi) is 6.18. The SMILES string of the molecule is COCC[C@H]1CN(Cc2nc(-c3cccc(C(F)(F)F)c3)oc2C)CCO1. The monoisotopic (exact) mass is 384 g/mol. The Balaban J connectivity index is 1.71. The Bertz CT molecular complexity index is 761. The highest BCUT2D eigenvalue weighted by molar-refractivity contribution is 5.55. The van der Waals surface area contributed by atoms with E-state index in [1.54, 1.807) is 20.1 Å². The van der Waals surface area contributed by atoms with Gasteiger partial charge < -0.3 is 13.9 Å². The van der Waals surface area contributed by atoms with E-state index >= 15 is 0 Å². The number of hydrogen-bond donors (Lipinski definition) is 0. The lowest BCUT2D eigenvalue weighted by atomic mass is 10.1. The van der Waals surface area contributed by atoms with Gasteiger partial charge in [0, 0.05) is 38.9 Å². The molecule has 0 saturated carbocycles. The smallest absolute Gasteiger partial charge is 0.416 e. The summed E-state index contributed by atoms with van der Waals surface area (Å²) in [6.07, 6.45) is -3.47. The first-order valence-electron chi connectivity index (χ1n) is 8.83. The molecule has 0 unspecified atom stereocenters. The standard InChI is InChI=1S/C19H23F3N2O3/c1-13-17(12-24-7-9-26-16(11-24)6-8-25-2)23-18(27-13)14-4-3-5-15(10-14)19(20,21)22/h3-5,10,16H,6-9,11-12H2,1-2H3/t16-/m0/s1. The molecular weight excluding hydrogens is 361 g/mol. The number of alkyl halides is 3. The summed E-state index contributed by atoms with van der Waals surface area (Å²) in [5, 5.41) is 0. The third-order valence-corrected chi connectivity index (χ3v) is 4.57. The normalized spacial score (nSPS) is 18.8. The van der Waals surface area contributed by atoms with Gasteiger partial charge in [0.05, 0.1) is 24.0 Å². The van der Waals surface area contributed by atoms with E-state index < -0.39 is 11.7 Å². The summed E-state index contributed by atoms with van der Waals surface area (Å²) in [7, 11) is 1.66. The van der Waals surface area contributed by atoms with Crippen molar-refractivity contribution in [1.29, 1.82) is 0 Å². The first-order valence-corrected chi connectivity index (χ1v) is 8.83. The average Bonchev–Trinajstić information content (AvgIpc) is 3.00. The number of benzene rings is 1. The number of methoxy groups -OCH3 is 1. The maximum Gasteiger partial charge on any atom is 0.416 e. The molecule has 1 fully saturated rings. The van der Waals surface area contributed by atoms with Gasteiger partial charge in [0.1, 0.15) is 5.76 Å². The molecule has 1 aromatic heterocycles. The van der Waals surface area contributed by atoms with Gasteiger partial charge in [-0.2, -0.15) is 13.2 Å². The van der Waals surface area contributed by atoms with Crippen LogP contribution in [0.25, 0.3) is 11.5 Å². The van der Waals surface area contributed by atoms with Crippen molar-refractivity contribution in [1.82, 2.24) is 9.88 Å². The van der Waals surface area contributed by atoms with Gasteiger partial charge in [-0.25, -0.2) is 4.98 Å². The summed E-state index contributed by atoms with van der Waals surface area (Å²) in [6.45, 7) is 5.15. The largest absolute Gasteiger partial charge is 0.441 e. The second kappa shape index (κ2) is 8.41. The van der Waals surface area contributed by atoms with E-state index in [4.69, 9.17) is 13.9 Å². The zero-order valence-corrected chi connectivity index (χ0v) is 15.4. The van der Waals surface area contributed by atoms with E-state index in [1.807, 2.05) is 0 Å². The molecule has 1 atom stereocenters. The lowest BCUT2D eigenvalue weighted by Gasteiger charge is -2.32. The highest BCUT2D eigenvalue weighted by Gasteiger charge is 2.31. The number of aryl methyl sites for hydroxylation is 1. The van der Waals surface area contributed by atoms with Gasteiger partial charge in [0.2, 0.25) is 5.89 Å². The van der Waals surface area contributed by atoms with Crippen LogP contribution in [0.4, 0.5) is 13.2 Å². The first kappa shape index (κ1) is 19.9. The van der Waals surface area contributed by atoms with Crippen LogP contribution in [0, 0.1) is 6.92 Å². The molecule has 0 bridgehead atoms. The molecule has 0 radical (unpaired) electrons. The average molecular weight is 384 g/mol. The first-order chi connectivity index (χ1) is 12.9. The maximum atomic E-state index is 12.9. The highest BCUT2D eigenvalue weighted by atomic mass is 19.4. The van der Waals surface area contributed by atoms with Crippen molar-refractivity contribution in [2.75, 3.05) is 33.4 Å². The molecule has 8 heteroatoms. The summed E-state index contributed by atoms with van der Waals surface area (Å²) in [6, 6.07) is 5.03. The Morgan fingerprint density at radius 2 is 2.15 bits per heavy atom. The molecule has 0 aliphatic carbocycles. The minimum Gasteiger partial charge on any atom is -0.441 e. The third-order valence-electron chi connectivity index (χ3n) is 4.57. The van der Waals surface area contributed by atoms with Gasteiger partial charge in [0.25, 0.3) is 0 Å². The number of aromatic nitrogens is 1. The molecule has 27 heavy (non-hydrogen) atoms. The summed E-state index contributed by atoms with van der Waals surface area (Å²) >= 11 is 0. The number of hydrogen-bond acceptors (Lipinski definition) is 5. The van der Waals surface area contributed by atoms with Crippen LogP contribution in [-0.2, 0) is 22.2 Å². The minimum atomic E-state index is -4.40. The Labute approximate surface area is 156 Å². The van der Waals surface area contributed by atoms with Crippen molar-refractivity contribution in [3.8, 4) is 11.5 Å². The van der Waals surface area contributed by atoms with E-state index in [9.17, 15) is 13.2 Å². The summed E-state index contributed by atoms with van der Waals surface area (Å²) < 4.78 is 55.2. The minimum absolute atomic E-state index is 0.105. The fraction of sp³-hybridized carbons (Fsp3) is 0.526. The van der Waals surface area contributed by atoms with Crippen LogP contribution in [0.5, 0.6) is 0 Å². The number of oxazole rings is 1. The van der Waals surface area contributed by atoms with Crippen LogP contribution in [0.3, 0.4) is 0 Å². The van der Waals surface area contributed by atoms with Crippen molar-refractivity contribution < 1.29 is 27.1 Å². The molecule has 148 valence electrons. The predicted octanol–water partition coefficient (Wildman–Crippen LogP) is 3.91. The number of ether oxygens (including phenoxy) is 2. The molecule has 0 amide bonds. The van der Waals surface area contributed by atoms with Gasteiger partial charge in [-0.3, -0.25) is 4.90 Å². The zero-order chi connectivity index (χ0) is 19.4. The number of rotatable bonds is 6. The Hall–Kier alpha value is -1.90. The predicted molar refractivity (Wildman–Crippen MR) is 93.2 cm³/mol. The van der Waals surface area contributed by atoms with Crippen molar-refractivity contribution in [2.45, 2.75) is 32.2 Å². The quantitative estimate of drug-likeness (QED) is 0.756. The molecule has 1 aliphatic heterocycles. The van der Waals surface area contributed by atoms with Crippen LogP contribution in [-0.4, -0.2) is 49.4 Å². The summed E-state index contributed by atoms with van der Waals surface area (Å²) in [5.41, 5.74) is 0.334. The molecule has 1 aliphatic rings. The lowest BCUT2D eigenvalue weighted by molar-refractivity contribution is -0.137. The second-order valence-electron chi connectivity index (χ2n) is 6.61. The molecule has 0 N–H and O–H groups in total. The van der Waals surface area contributed by atoms with Crippen molar-refractivity contribution in [3.63, 3.8) is 0 Å². The Morgan fingerprint density at radius 1 is 1.33 bits per heavy atom. The maximum absolute atomic E-state index is 12.9. The third kappa shape index (κ3) is 5.09. The molecule has 3 rings (SSSR count). The number of halogens is 3. The topological polar surface area (TPSA) is 47.7 Å². The summed E-state index contributed by atoms with van der Waals surface area (Å²) in [4.78, 5) is 6.66. The van der Waals surface area contributed by atoms with Gasteiger partial charge in [-0.15, -0.1) is 0 Å². The Morgan fingerprint density at radius 3 is 2.89 bits per heavy atom. The van der Waals surface area contributed by atoms with Gasteiger partial charge >= 0.3 is 6.18 Å². The van der Waals surface area contributed by atoms with Gasteiger partial charge in [0.15, 0.2) is 0 Å². The van der Waals surface area contributed by atoms with Crippen LogP contribution in [0.15, 0.2) is 28.7 Å². The van der Waals surface area contributed by atoms with Gasteiger partial charge in [-0.05, 0) is 31.5 Å². The molecule has 2 heterocycles. The van der Waals surface area contributed by atoms with E-state index in [-0.39, 0.29) is 12.0 Å². The van der Waals surface area contributed by atoms with Crippen molar-refractivity contribution in [2.24, 2.45) is 0 Å². The fourth-order valence-electron chi connectivity index (χ4n) is 3.09. The van der Waals surface area contributed by atoms with Crippen LogP contribution >= 0.6 is 0 Å². The van der Waals surface area contributed by atoms with E-state index in [0.29, 0.717) is 31.1 Å². The molecule has 1 aromatic carbocycles. The molecule has 5 nitrogen and oxygen atoms in total. The summed E-state index contributed by atoms with van der Waals surface area (Å²) in [5.74, 6) is 0.820. The fourth-order valence-corrected chi connectivity index (χ4v) is 3.09. The number of morpholine rings is 1. The molecule has 0 spiro atoms.